The Morgan fingerprint density at radius 3 is 2.11 bits per heavy atom. The minimum absolute atomic E-state index is 0.344. The minimum atomic E-state index is -3.26. The SMILES string of the molecule is CCOP(=O)(OCC)/C(=C/c1ccccc1)N(C)C. The summed E-state index contributed by atoms with van der Waals surface area (Å²) in [7, 11) is 0.402. The summed E-state index contributed by atoms with van der Waals surface area (Å²) in [4.78, 5) is 1.78. The number of rotatable bonds is 7. The van der Waals surface area contributed by atoms with Gasteiger partial charge in [-0.3, -0.25) is 4.57 Å². The quantitative estimate of drug-likeness (QED) is 0.713. The lowest BCUT2D eigenvalue weighted by atomic mass is 10.2. The summed E-state index contributed by atoms with van der Waals surface area (Å²) in [6, 6.07) is 9.71. The van der Waals surface area contributed by atoms with E-state index >= 15 is 0 Å². The van der Waals surface area contributed by atoms with Crippen LogP contribution in [-0.4, -0.2) is 32.2 Å². The second-order valence-electron chi connectivity index (χ2n) is 4.14. The Hall–Kier alpha value is -1.09. The van der Waals surface area contributed by atoms with Crippen molar-refractivity contribution in [1.29, 1.82) is 0 Å². The molecule has 1 aromatic rings. The third kappa shape index (κ3) is 4.50. The van der Waals surface area contributed by atoms with E-state index in [0.29, 0.717) is 18.7 Å². The highest BCUT2D eigenvalue weighted by atomic mass is 31.2. The molecular weight excluding hydrogens is 261 g/mol. The molecule has 0 saturated heterocycles. The van der Waals surface area contributed by atoms with Gasteiger partial charge in [0.2, 0.25) is 0 Å². The fraction of sp³-hybridized carbons (Fsp3) is 0.429. The predicted octanol–water partition coefficient (Wildman–Crippen LogP) is 3.81. The topological polar surface area (TPSA) is 38.8 Å². The van der Waals surface area contributed by atoms with Crippen molar-refractivity contribution in [3.8, 4) is 0 Å². The van der Waals surface area contributed by atoms with Crippen molar-refractivity contribution >= 4 is 13.7 Å². The van der Waals surface area contributed by atoms with Gasteiger partial charge in [-0.25, -0.2) is 0 Å². The van der Waals surface area contributed by atoms with Crippen LogP contribution in [0.5, 0.6) is 0 Å². The first kappa shape index (κ1) is 16.0. The first-order valence-electron chi connectivity index (χ1n) is 6.37. The second kappa shape index (κ2) is 7.49. The summed E-state index contributed by atoms with van der Waals surface area (Å²) >= 11 is 0. The fourth-order valence-electron chi connectivity index (χ4n) is 1.66. The largest absolute Gasteiger partial charge is 0.377 e. The number of nitrogens with zero attached hydrogens (tertiary/aromatic N) is 1. The van der Waals surface area contributed by atoms with Crippen molar-refractivity contribution in [3.05, 3.63) is 41.3 Å². The molecule has 0 aliphatic heterocycles. The lowest BCUT2D eigenvalue weighted by molar-refractivity contribution is 0.219. The van der Waals surface area contributed by atoms with Crippen molar-refractivity contribution in [2.45, 2.75) is 13.8 Å². The molecule has 0 spiro atoms. The van der Waals surface area contributed by atoms with Crippen LogP contribution >= 0.6 is 7.60 Å². The monoisotopic (exact) mass is 283 g/mol. The average molecular weight is 283 g/mol. The summed E-state index contributed by atoms with van der Waals surface area (Å²) in [6.07, 6.45) is 1.84. The molecule has 0 aliphatic rings. The summed E-state index contributed by atoms with van der Waals surface area (Å²) in [5.41, 5.74) is 1.52. The van der Waals surface area contributed by atoms with Gasteiger partial charge in [-0.2, -0.15) is 0 Å². The molecule has 19 heavy (non-hydrogen) atoms. The predicted molar refractivity (Wildman–Crippen MR) is 79.0 cm³/mol. The molecule has 0 amide bonds. The van der Waals surface area contributed by atoms with E-state index in [-0.39, 0.29) is 0 Å². The molecule has 0 saturated carbocycles. The molecule has 106 valence electrons. The highest BCUT2D eigenvalue weighted by molar-refractivity contribution is 7.58. The molecule has 1 aromatic carbocycles. The van der Waals surface area contributed by atoms with Gasteiger partial charge in [-0.1, -0.05) is 30.3 Å². The first-order chi connectivity index (χ1) is 9.03. The van der Waals surface area contributed by atoms with E-state index < -0.39 is 7.60 Å². The highest BCUT2D eigenvalue weighted by Crippen LogP contribution is 2.57. The maximum Gasteiger partial charge on any atom is 0.377 e. The lowest BCUT2D eigenvalue weighted by Crippen LogP contribution is -2.14. The Labute approximate surface area is 115 Å². The van der Waals surface area contributed by atoms with Crippen LogP contribution in [-0.2, 0) is 13.6 Å². The number of benzene rings is 1. The molecule has 0 N–H and O–H groups in total. The smallest absolute Gasteiger partial charge is 0.371 e. The molecule has 0 heterocycles. The van der Waals surface area contributed by atoms with Gasteiger partial charge in [0.15, 0.2) is 0 Å². The van der Waals surface area contributed by atoms with Crippen LogP contribution in [0.15, 0.2) is 35.8 Å². The summed E-state index contributed by atoms with van der Waals surface area (Å²) < 4.78 is 23.6. The van der Waals surface area contributed by atoms with E-state index in [1.165, 1.54) is 0 Å². The van der Waals surface area contributed by atoms with Gasteiger partial charge in [0.1, 0.15) is 5.44 Å². The lowest BCUT2D eigenvalue weighted by Gasteiger charge is -2.25. The van der Waals surface area contributed by atoms with Crippen LogP contribution in [0.2, 0.25) is 0 Å². The van der Waals surface area contributed by atoms with Crippen LogP contribution < -0.4 is 0 Å². The molecule has 0 atom stereocenters. The molecule has 0 aliphatic carbocycles. The molecule has 5 heteroatoms. The zero-order chi connectivity index (χ0) is 14.3. The van der Waals surface area contributed by atoms with E-state index in [1.807, 2.05) is 64.4 Å². The van der Waals surface area contributed by atoms with Gasteiger partial charge < -0.3 is 13.9 Å². The van der Waals surface area contributed by atoms with Gasteiger partial charge in [-0.05, 0) is 25.5 Å². The number of hydrogen-bond acceptors (Lipinski definition) is 4. The second-order valence-corrected chi connectivity index (χ2v) is 6.11. The van der Waals surface area contributed by atoms with Crippen molar-refractivity contribution < 1.29 is 13.6 Å². The van der Waals surface area contributed by atoms with Gasteiger partial charge in [0, 0.05) is 14.1 Å². The zero-order valence-electron chi connectivity index (χ0n) is 12.0. The molecule has 0 unspecified atom stereocenters. The van der Waals surface area contributed by atoms with Crippen molar-refractivity contribution in [3.63, 3.8) is 0 Å². The standard InChI is InChI=1S/C14H22NO3P/c1-5-17-19(16,18-6-2)14(15(3)4)12-13-10-8-7-9-11-13/h7-12H,5-6H2,1-4H3/b14-12+. The maximum absolute atomic E-state index is 12.8. The Kier molecular flexibility index (Phi) is 6.29. The maximum atomic E-state index is 12.8. The Morgan fingerprint density at radius 1 is 1.16 bits per heavy atom. The Morgan fingerprint density at radius 2 is 1.68 bits per heavy atom. The van der Waals surface area contributed by atoms with Crippen LogP contribution in [0.4, 0.5) is 0 Å². The van der Waals surface area contributed by atoms with Gasteiger partial charge in [-0.15, -0.1) is 0 Å². The molecule has 0 aromatic heterocycles. The normalized spacial score (nSPS) is 12.5. The van der Waals surface area contributed by atoms with Crippen molar-refractivity contribution in [2.75, 3.05) is 27.3 Å². The average Bonchev–Trinajstić information content (AvgIpc) is 2.37. The van der Waals surface area contributed by atoms with E-state index in [2.05, 4.69) is 0 Å². The third-order valence-electron chi connectivity index (χ3n) is 2.43. The van der Waals surface area contributed by atoms with E-state index in [9.17, 15) is 4.57 Å². The minimum Gasteiger partial charge on any atom is -0.371 e. The van der Waals surface area contributed by atoms with Crippen molar-refractivity contribution in [1.82, 2.24) is 4.90 Å². The van der Waals surface area contributed by atoms with Crippen LogP contribution in [0.3, 0.4) is 0 Å². The first-order valence-corrected chi connectivity index (χ1v) is 7.91. The molecule has 1 rings (SSSR count). The van der Waals surface area contributed by atoms with Crippen LogP contribution in [0.25, 0.3) is 6.08 Å². The van der Waals surface area contributed by atoms with Crippen molar-refractivity contribution in [2.24, 2.45) is 0 Å². The summed E-state index contributed by atoms with van der Waals surface area (Å²) in [6.45, 7) is 4.30. The Balaban J connectivity index is 3.18. The highest BCUT2D eigenvalue weighted by Gasteiger charge is 2.31. The molecule has 0 bridgehead atoms. The van der Waals surface area contributed by atoms with E-state index in [4.69, 9.17) is 9.05 Å². The molecule has 4 nitrogen and oxygen atoms in total. The molecule has 0 fully saturated rings. The molecular formula is C14H22NO3P. The van der Waals surface area contributed by atoms with E-state index in [1.54, 1.807) is 4.90 Å². The van der Waals surface area contributed by atoms with Crippen LogP contribution in [0.1, 0.15) is 19.4 Å². The van der Waals surface area contributed by atoms with Gasteiger partial charge in [0.05, 0.1) is 13.2 Å². The zero-order valence-corrected chi connectivity index (χ0v) is 12.9. The molecule has 0 radical (unpaired) electrons. The van der Waals surface area contributed by atoms with E-state index in [0.717, 1.165) is 5.56 Å². The third-order valence-corrected chi connectivity index (χ3v) is 4.72. The fourth-order valence-corrected chi connectivity index (χ4v) is 3.48. The van der Waals surface area contributed by atoms with Crippen LogP contribution in [0, 0.1) is 0 Å². The number of hydrogen-bond donors (Lipinski definition) is 0. The summed E-state index contributed by atoms with van der Waals surface area (Å²) in [5.74, 6) is 0. The van der Waals surface area contributed by atoms with Gasteiger partial charge in [0.25, 0.3) is 0 Å². The van der Waals surface area contributed by atoms with Gasteiger partial charge >= 0.3 is 7.60 Å². The summed E-state index contributed by atoms with van der Waals surface area (Å²) in [5, 5.41) is 0. The Bertz CT molecular complexity index is 447.